The number of fused-ring (bicyclic) bond motifs is 1. The Labute approximate surface area is 161 Å². The molecule has 2 aromatic carbocycles. The van der Waals surface area contributed by atoms with Gasteiger partial charge in [-0.3, -0.25) is 9.78 Å². The molecule has 0 saturated heterocycles. The normalized spacial score (nSPS) is 10.5. The number of hydrogen-bond donors (Lipinski definition) is 1. The van der Waals surface area contributed by atoms with Crippen molar-refractivity contribution in [2.45, 2.75) is 13.8 Å². The number of anilines is 1. The van der Waals surface area contributed by atoms with Crippen LogP contribution in [-0.4, -0.2) is 30.1 Å². The molecule has 1 N–H and O–H groups in total. The zero-order valence-electron chi connectivity index (χ0n) is 15.5. The standard InChI is InChI=1S/C21H19FN2O4/c1-3-27-20(25)12-28-17-6-4-5-16(11-17)24-21(26)18-9-14-7-8-15(22)10-19(14)23-13(18)2/h4-11H,3,12H2,1-2H3,(H,24,26). The van der Waals surface area contributed by atoms with Gasteiger partial charge in [0.15, 0.2) is 6.61 Å². The van der Waals surface area contributed by atoms with Crippen LogP contribution in [0.4, 0.5) is 10.1 Å². The summed E-state index contributed by atoms with van der Waals surface area (Å²) in [6.07, 6.45) is 0. The van der Waals surface area contributed by atoms with Crippen molar-refractivity contribution in [3.8, 4) is 5.75 Å². The van der Waals surface area contributed by atoms with Crippen LogP contribution >= 0.6 is 0 Å². The molecule has 0 spiro atoms. The molecule has 0 atom stereocenters. The van der Waals surface area contributed by atoms with Crippen molar-refractivity contribution in [3.05, 3.63) is 65.6 Å². The van der Waals surface area contributed by atoms with Gasteiger partial charge < -0.3 is 14.8 Å². The maximum Gasteiger partial charge on any atom is 0.344 e. The summed E-state index contributed by atoms with van der Waals surface area (Å²) in [5.74, 6) is -0.768. The van der Waals surface area contributed by atoms with Crippen molar-refractivity contribution in [2.24, 2.45) is 0 Å². The first kappa shape index (κ1) is 19.3. The van der Waals surface area contributed by atoms with Gasteiger partial charge in [-0.1, -0.05) is 6.07 Å². The summed E-state index contributed by atoms with van der Waals surface area (Å²) in [4.78, 5) is 28.4. The monoisotopic (exact) mass is 382 g/mol. The Morgan fingerprint density at radius 1 is 1.14 bits per heavy atom. The third-order valence-corrected chi connectivity index (χ3v) is 3.97. The highest BCUT2D eigenvalue weighted by molar-refractivity contribution is 6.06. The van der Waals surface area contributed by atoms with Crippen LogP contribution in [0.25, 0.3) is 10.9 Å². The van der Waals surface area contributed by atoms with E-state index in [2.05, 4.69) is 10.3 Å². The Morgan fingerprint density at radius 2 is 1.96 bits per heavy atom. The van der Waals surface area contributed by atoms with Gasteiger partial charge in [0.05, 0.1) is 23.4 Å². The Bertz CT molecular complexity index is 1040. The average Bonchev–Trinajstić information content (AvgIpc) is 2.66. The Kier molecular flexibility index (Phi) is 5.84. The number of esters is 1. The maximum atomic E-state index is 13.3. The van der Waals surface area contributed by atoms with Crippen molar-refractivity contribution < 1.29 is 23.5 Å². The molecule has 7 heteroatoms. The lowest BCUT2D eigenvalue weighted by Crippen LogP contribution is -2.15. The summed E-state index contributed by atoms with van der Waals surface area (Å²) in [6.45, 7) is 3.48. The summed E-state index contributed by atoms with van der Waals surface area (Å²) < 4.78 is 23.5. The number of aryl methyl sites for hydroxylation is 1. The Balaban J connectivity index is 1.75. The number of benzene rings is 2. The molecule has 28 heavy (non-hydrogen) atoms. The number of pyridine rings is 1. The average molecular weight is 382 g/mol. The fraction of sp³-hybridized carbons (Fsp3) is 0.190. The Morgan fingerprint density at radius 3 is 2.75 bits per heavy atom. The van der Waals surface area contributed by atoms with Crippen molar-refractivity contribution in [1.82, 2.24) is 4.98 Å². The first-order chi connectivity index (χ1) is 13.5. The number of halogens is 1. The maximum absolute atomic E-state index is 13.3. The summed E-state index contributed by atoms with van der Waals surface area (Å²) >= 11 is 0. The van der Waals surface area contributed by atoms with Crippen LogP contribution in [0.5, 0.6) is 5.75 Å². The van der Waals surface area contributed by atoms with Crippen molar-refractivity contribution in [3.63, 3.8) is 0 Å². The summed E-state index contributed by atoms with van der Waals surface area (Å²) in [5, 5.41) is 3.45. The van der Waals surface area contributed by atoms with E-state index in [9.17, 15) is 14.0 Å². The highest BCUT2D eigenvalue weighted by Gasteiger charge is 2.13. The zero-order valence-corrected chi connectivity index (χ0v) is 15.5. The predicted molar refractivity (Wildman–Crippen MR) is 103 cm³/mol. The van der Waals surface area contributed by atoms with Gasteiger partial charge in [0.25, 0.3) is 5.91 Å². The van der Waals surface area contributed by atoms with Crippen LogP contribution < -0.4 is 10.1 Å². The van der Waals surface area contributed by atoms with Gasteiger partial charge in [-0.15, -0.1) is 0 Å². The van der Waals surface area contributed by atoms with Gasteiger partial charge in [0.2, 0.25) is 0 Å². The molecule has 0 aliphatic heterocycles. The first-order valence-electron chi connectivity index (χ1n) is 8.73. The third kappa shape index (κ3) is 4.62. The largest absolute Gasteiger partial charge is 0.482 e. The number of rotatable bonds is 6. The molecular weight excluding hydrogens is 363 g/mol. The molecule has 3 aromatic rings. The van der Waals surface area contributed by atoms with E-state index < -0.39 is 5.97 Å². The van der Waals surface area contributed by atoms with Crippen molar-refractivity contribution in [1.29, 1.82) is 0 Å². The van der Waals surface area contributed by atoms with E-state index in [0.717, 1.165) is 0 Å². The number of carbonyl (C=O) groups excluding carboxylic acids is 2. The molecule has 1 amide bonds. The van der Waals surface area contributed by atoms with Crippen LogP contribution in [-0.2, 0) is 9.53 Å². The Hall–Kier alpha value is -3.48. The quantitative estimate of drug-likeness (QED) is 0.655. The SMILES string of the molecule is CCOC(=O)COc1cccc(NC(=O)c2cc3ccc(F)cc3nc2C)c1. The fourth-order valence-electron chi connectivity index (χ4n) is 2.67. The molecule has 0 unspecified atom stereocenters. The molecule has 1 heterocycles. The van der Waals surface area contributed by atoms with E-state index >= 15 is 0 Å². The highest BCUT2D eigenvalue weighted by atomic mass is 19.1. The van der Waals surface area contributed by atoms with E-state index in [-0.39, 0.29) is 24.9 Å². The smallest absolute Gasteiger partial charge is 0.344 e. The molecule has 0 fully saturated rings. The zero-order chi connectivity index (χ0) is 20.1. The van der Waals surface area contributed by atoms with E-state index in [0.29, 0.717) is 33.6 Å². The van der Waals surface area contributed by atoms with Gasteiger partial charge in [0.1, 0.15) is 11.6 Å². The first-order valence-corrected chi connectivity index (χ1v) is 8.73. The molecular formula is C21H19FN2O4. The second-order valence-electron chi connectivity index (χ2n) is 6.03. The highest BCUT2D eigenvalue weighted by Crippen LogP contribution is 2.21. The lowest BCUT2D eigenvalue weighted by Gasteiger charge is -2.11. The van der Waals surface area contributed by atoms with Gasteiger partial charge in [-0.05, 0) is 44.2 Å². The predicted octanol–water partition coefficient (Wildman–Crippen LogP) is 3.88. The van der Waals surface area contributed by atoms with Crippen LogP contribution in [0.2, 0.25) is 0 Å². The molecule has 0 aliphatic carbocycles. The molecule has 0 bridgehead atoms. The number of carbonyl (C=O) groups is 2. The van der Waals surface area contributed by atoms with Crippen LogP contribution in [0.1, 0.15) is 23.0 Å². The van der Waals surface area contributed by atoms with Crippen LogP contribution in [0, 0.1) is 12.7 Å². The minimum atomic E-state index is -0.466. The molecule has 1 aromatic heterocycles. The van der Waals surface area contributed by atoms with Crippen molar-refractivity contribution >= 4 is 28.5 Å². The summed E-state index contributed by atoms with van der Waals surface area (Å²) in [7, 11) is 0. The molecule has 0 saturated carbocycles. The lowest BCUT2D eigenvalue weighted by molar-refractivity contribution is -0.145. The van der Waals surface area contributed by atoms with Gasteiger partial charge in [-0.2, -0.15) is 0 Å². The molecule has 0 radical (unpaired) electrons. The number of hydrogen-bond acceptors (Lipinski definition) is 5. The number of nitrogens with zero attached hydrogens (tertiary/aromatic N) is 1. The fourth-order valence-corrected chi connectivity index (χ4v) is 2.67. The second kappa shape index (κ2) is 8.47. The molecule has 0 aliphatic rings. The topological polar surface area (TPSA) is 77.5 Å². The number of ether oxygens (including phenoxy) is 2. The van der Waals surface area contributed by atoms with Crippen molar-refractivity contribution in [2.75, 3.05) is 18.5 Å². The number of nitrogens with one attached hydrogen (secondary N) is 1. The number of amides is 1. The van der Waals surface area contributed by atoms with E-state index in [1.807, 2.05) is 0 Å². The lowest BCUT2D eigenvalue weighted by atomic mass is 10.1. The van der Waals surface area contributed by atoms with Gasteiger partial charge in [-0.25, -0.2) is 9.18 Å². The number of aromatic nitrogens is 1. The van der Waals surface area contributed by atoms with E-state index in [4.69, 9.17) is 9.47 Å². The van der Waals surface area contributed by atoms with Gasteiger partial charge >= 0.3 is 5.97 Å². The minimum absolute atomic E-state index is 0.213. The summed E-state index contributed by atoms with van der Waals surface area (Å²) in [5.41, 5.74) is 1.87. The molecule has 6 nitrogen and oxygen atoms in total. The van der Waals surface area contributed by atoms with E-state index in [1.165, 1.54) is 12.1 Å². The molecule has 144 valence electrons. The van der Waals surface area contributed by atoms with Gasteiger partial charge in [0, 0.05) is 23.2 Å². The minimum Gasteiger partial charge on any atom is -0.482 e. The summed E-state index contributed by atoms with van der Waals surface area (Å²) in [6, 6.07) is 12.6. The second-order valence-corrected chi connectivity index (χ2v) is 6.03. The molecule has 3 rings (SSSR count). The van der Waals surface area contributed by atoms with Crippen LogP contribution in [0.3, 0.4) is 0 Å². The van der Waals surface area contributed by atoms with E-state index in [1.54, 1.807) is 50.2 Å². The third-order valence-electron chi connectivity index (χ3n) is 3.97. The van der Waals surface area contributed by atoms with Crippen LogP contribution in [0.15, 0.2) is 48.5 Å².